The van der Waals surface area contributed by atoms with Gasteiger partial charge >= 0.3 is 0 Å². The van der Waals surface area contributed by atoms with Crippen LogP contribution in [-0.4, -0.2) is 12.4 Å². The number of carbonyl (C=O) groups is 1. The Morgan fingerprint density at radius 1 is 1.30 bits per heavy atom. The van der Waals surface area contributed by atoms with E-state index in [-0.39, 0.29) is 23.9 Å². The molecule has 0 saturated carbocycles. The molecule has 0 N–H and O–H groups in total. The van der Waals surface area contributed by atoms with Crippen LogP contribution in [0.1, 0.15) is 17.0 Å². The molecule has 2 aromatic rings. The van der Waals surface area contributed by atoms with Gasteiger partial charge in [-0.1, -0.05) is 29.8 Å². The molecular formula is C16H12ClFO2. The number of hydrogen-bond acceptors (Lipinski definition) is 2. The van der Waals surface area contributed by atoms with Crippen LogP contribution in [0.2, 0.25) is 5.02 Å². The molecule has 0 saturated heterocycles. The quantitative estimate of drug-likeness (QED) is 0.860. The van der Waals surface area contributed by atoms with E-state index in [0.29, 0.717) is 17.2 Å². The fourth-order valence-corrected chi connectivity index (χ4v) is 2.60. The highest BCUT2D eigenvalue weighted by Crippen LogP contribution is 2.35. The molecule has 1 aliphatic heterocycles. The summed E-state index contributed by atoms with van der Waals surface area (Å²) in [4.78, 5) is 12.4. The molecule has 4 heteroatoms. The average Bonchev–Trinajstić information content (AvgIpc) is 2.87. The lowest BCUT2D eigenvalue weighted by Crippen LogP contribution is -2.16. The van der Waals surface area contributed by atoms with Crippen molar-refractivity contribution in [3.63, 3.8) is 0 Å². The van der Waals surface area contributed by atoms with Crippen LogP contribution in [0.3, 0.4) is 0 Å². The number of benzene rings is 2. The topological polar surface area (TPSA) is 26.3 Å². The Morgan fingerprint density at radius 2 is 2.10 bits per heavy atom. The van der Waals surface area contributed by atoms with E-state index in [1.54, 1.807) is 0 Å². The van der Waals surface area contributed by atoms with Gasteiger partial charge in [0.15, 0.2) is 0 Å². The van der Waals surface area contributed by atoms with Gasteiger partial charge in [-0.25, -0.2) is 4.39 Å². The van der Waals surface area contributed by atoms with E-state index in [9.17, 15) is 9.18 Å². The van der Waals surface area contributed by atoms with E-state index in [4.69, 9.17) is 16.3 Å². The zero-order valence-corrected chi connectivity index (χ0v) is 11.4. The Balaban J connectivity index is 1.83. The highest BCUT2D eigenvalue weighted by atomic mass is 35.5. The Labute approximate surface area is 121 Å². The van der Waals surface area contributed by atoms with Crippen LogP contribution >= 0.6 is 11.6 Å². The largest absolute Gasteiger partial charge is 0.492 e. The van der Waals surface area contributed by atoms with Crippen molar-refractivity contribution in [1.82, 2.24) is 0 Å². The van der Waals surface area contributed by atoms with Crippen LogP contribution in [-0.2, 0) is 11.2 Å². The van der Waals surface area contributed by atoms with Crippen LogP contribution in [0.4, 0.5) is 4.39 Å². The molecule has 1 atom stereocenters. The molecule has 3 rings (SSSR count). The number of para-hydroxylation sites is 1. The van der Waals surface area contributed by atoms with E-state index in [1.165, 1.54) is 18.2 Å². The summed E-state index contributed by atoms with van der Waals surface area (Å²) in [6.45, 7) is 0.338. The molecule has 0 bridgehead atoms. The Kier molecular flexibility index (Phi) is 3.45. The zero-order chi connectivity index (χ0) is 14.1. The summed E-state index contributed by atoms with van der Waals surface area (Å²) in [7, 11) is 0. The first-order valence-electron chi connectivity index (χ1n) is 6.33. The number of ketones is 1. The lowest BCUT2D eigenvalue weighted by Gasteiger charge is -2.09. The molecule has 0 aromatic heterocycles. The van der Waals surface area contributed by atoms with E-state index in [2.05, 4.69) is 0 Å². The van der Waals surface area contributed by atoms with E-state index >= 15 is 0 Å². The van der Waals surface area contributed by atoms with Gasteiger partial charge in [0.2, 0.25) is 0 Å². The summed E-state index contributed by atoms with van der Waals surface area (Å²) in [5.74, 6) is 0.0458. The molecule has 0 amide bonds. The summed E-state index contributed by atoms with van der Waals surface area (Å²) >= 11 is 6.00. The molecule has 0 radical (unpaired) electrons. The number of halogens is 2. The average molecular weight is 291 g/mol. The van der Waals surface area contributed by atoms with Crippen molar-refractivity contribution in [2.24, 2.45) is 0 Å². The predicted octanol–water partition coefficient (Wildman–Crippen LogP) is 3.77. The fraction of sp³-hybridized carbons (Fsp3) is 0.188. The minimum Gasteiger partial charge on any atom is -0.492 e. The number of hydrogen-bond donors (Lipinski definition) is 0. The van der Waals surface area contributed by atoms with Crippen molar-refractivity contribution in [2.75, 3.05) is 6.61 Å². The van der Waals surface area contributed by atoms with Gasteiger partial charge in [0.25, 0.3) is 0 Å². The van der Waals surface area contributed by atoms with Crippen molar-refractivity contribution in [3.05, 3.63) is 64.4 Å². The first kappa shape index (κ1) is 13.1. The van der Waals surface area contributed by atoms with Gasteiger partial charge in [0.05, 0.1) is 5.92 Å². The van der Waals surface area contributed by atoms with Crippen molar-refractivity contribution < 1.29 is 13.9 Å². The summed E-state index contributed by atoms with van der Waals surface area (Å²) < 4.78 is 18.7. The van der Waals surface area contributed by atoms with Gasteiger partial charge in [-0.05, 0) is 29.8 Å². The second kappa shape index (κ2) is 5.25. The van der Waals surface area contributed by atoms with Crippen LogP contribution in [0.15, 0.2) is 42.5 Å². The second-order valence-corrected chi connectivity index (χ2v) is 5.19. The number of rotatable bonds is 3. The van der Waals surface area contributed by atoms with Gasteiger partial charge < -0.3 is 4.74 Å². The lowest BCUT2D eigenvalue weighted by molar-refractivity contribution is -0.120. The molecule has 0 spiro atoms. The van der Waals surface area contributed by atoms with Gasteiger partial charge in [-0.15, -0.1) is 0 Å². The molecule has 1 unspecified atom stereocenters. The highest BCUT2D eigenvalue weighted by molar-refractivity contribution is 6.31. The number of Topliss-reactive ketones (excluding diaryl/α,β-unsaturated/α-hetero) is 1. The summed E-state index contributed by atoms with van der Waals surface area (Å²) in [5.41, 5.74) is 1.41. The maximum atomic E-state index is 13.2. The van der Waals surface area contributed by atoms with Crippen molar-refractivity contribution in [2.45, 2.75) is 12.3 Å². The monoisotopic (exact) mass is 290 g/mol. The van der Waals surface area contributed by atoms with E-state index in [0.717, 1.165) is 11.3 Å². The van der Waals surface area contributed by atoms with Crippen LogP contribution < -0.4 is 4.74 Å². The SMILES string of the molecule is O=C(Cc1cc(F)ccc1Cl)C1COc2ccccc21. The standard InChI is InChI=1S/C16H12ClFO2/c17-14-6-5-11(18)7-10(14)8-15(19)13-9-20-16-4-2-1-3-12(13)16/h1-7,13H,8-9H2. The highest BCUT2D eigenvalue weighted by Gasteiger charge is 2.30. The minimum atomic E-state index is -0.389. The van der Waals surface area contributed by atoms with Crippen molar-refractivity contribution in [3.8, 4) is 5.75 Å². The first-order chi connectivity index (χ1) is 9.65. The smallest absolute Gasteiger partial charge is 0.148 e. The van der Waals surface area contributed by atoms with Crippen LogP contribution in [0.5, 0.6) is 5.75 Å². The van der Waals surface area contributed by atoms with E-state index < -0.39 is 0 Å². The minimum absolute atomic E-state index is 0.0116. The predicted molar refractivity (Wildman–Crippen MR) is 74.8 cm³/mol. The Bertz CT molecular complexity index is 669. The second-order valence-electron chi connectivity index (χ2n) is 4.78. The Morgan fingerprint density at radius 3 is 2.95 bits per heavy atom. The molecule has 2 aromatic carbocycles. The lowest BCUT2D eigenvalue weighted by atomic mass is 9.93. The summed E-state index contributed by atoms with van der Waals surface area (Å²) in [6, 6.07) is 11.5. The Hall–Kier alpha value is -1.87. The molecule has 20 heavy (non-hydrogen) atoms. The zero-order valence-electron chi connectivity index (χ0n) is 10.6. The van der Waals surface area contributed by atoms with Gasteiger partial charge in [-0.2, -0.15) is 0 Å². The van der Waals surface area contributed by atoms with Crippen LogP contribution in [0, 0.1) is 5.82 Å². The van der Waals surface area contributed by atoms with Gasteiger partial charge in [0, 0.05) is 17.0 Å². The maximum Gasteiger partial charge on any atom is 0.148 e. The number of ether oxygens (including phenoxy) is 1. The first-order valence-corrected chi connectivity index (χ1v) is 6.71. The number of fused-ring (bicyclic) bond motifs is 1. The molecule has 0 fully saturated rings. The molecule has 1 heterocycles. The summed E-state index contributed by atoms with van der Waals surface area (Å²) in [6.07, 6.45) is 0.110. The molecule has 1 aliphatic rings. The molecule has 0 aliphatic carbocycles. The fourth-order valence-electron chi connectivity index (χ4n) is 2.42. The van der Waals surface area contributed by atoms with Crippen molar-refractivity contribution >= 4 is 17.4 Å². The molecule has 102 valence electrons. The number of carbonyl (C=O) groups excluding carboxylic acids is 1. The van der Waals surface area contributed by atoms with Crippen LogP contribution in [0.25, 0.3) is 0 Å². The maximum absolute atomic E-state index is 13.2. The van der Waals surface area contributed by atoms with Crippen molar-refractivity contribution in [1.29, 1.82) is 0 Å². The third-order valence-corrected chi connectivity index (χ3v) is 3.83. The summed E-state index contributed by atoms with van der Waals surface area (Å²) in [5, 5.41) is 0.409. The van der Waals surface area contributed by atoms with Gasteiger partial charge in [-0.3, -0.25) is 4.79 Å². The molecule has 2 nitrogen and oxygen atoms in total. The third kappa shape index (κ3) is 2.41. The third-order valence-electron chi connectivity index (χ3n) is 3.46. The normalized spacial score (nSPS) is 16.6. The van der Waals surface area contributed by atoms with E-state index in [1.807, 2.05) is 24.3 Å². The molecular weight excluding hydrogens is 279 g/mol. The van der Waals surface area contributed by atoms with Gasteiger partial charge in [0.1, 0.15) is 24.0 Å².